The predicted molar refractivity (Wildman–Crippen MR) is 107 cm³/mol. The first-order chi connectivity index (χ1) is 13.6. The number of hydrogen-bond donors (Lipinski definition) is 1. The molecule has 0 spiro atoms. The van der Waals surface area contributed by atoms with Crippen molar-refractivity contribution in [3.8, 4) is 27.8 Å². The van der Waals surface area contributed by atoms with Crippen LogP contribution in [0.2, 0.25) is 0 Å². The van der Waals surface area contributed by atoms with Crippen LogP contribution in [0.5, 0.6) is 17.2 Å². The van der Waals surface area contributed by atoms with Gasteiger partial charge in [-0.3, -0.25) is 9.78 Å². The van der Waals surface area contributed by atoms with Crippen molar-refractivity contribution < 1.29 is 19.0 Å². The minimum Gasteiger partial charge on any atom is -0.493 e. The first-order valence-corrected chi connectivity index (χ1v) is 9.43. The molecule has 2 aromatic heterocycles. The van der Waals surface area contributed by atoms with E-state index in [1.807, 2.05) is 29.6 Å². The summed E-state index contributed by atoms with van der Waals surface area (Å²) < 4.78 is 16.1. The fourth-order valence-corrected chi connectivity index (χ4v) is 3.46. The Kier molecular flexibility index (Phi) is 6.44. The van der Waals surface area contributed by atoms with E-state index in [0.29, 0.717) is 29.5 Å². The van der Waals surface area contributed by atoms with Crippen LogP contribution in [0.3, 0.4) is 0 Å². The third-order valence-corrected chi connectivity index (χ3v) is 4.96. The van der Waals surface area contributed by atoms with Crippen LogP contribution in [0, 0.1) is 0 Å². The predicted octanol–water partition coefficient (Wildman–Crippen LogP) is 3.09. The highest BCUT2D eigenvalue weighted by atomic mass is 32.1. The van der Waals surface area contributed by atoms with Crippen LogP contribution in [-0.2, 0) is 17.8 Å². The van der Waals surface area contributed by atoms with E-state index in [4.69, 9.17) is 14.2 Å². The van der Waals surface area contributed by atoms with Gasteiger partial charge in [0.1, 0.15) is 5.01 Å². The monoisotopic (exact) mass is 399 g/mol. The lowest BCUT2D eigenvalue weighted by molar-refractivity contribution is -0.120. The summed E-state index contributed by atoms with van der Waals surface area (Å²) in [5, 5.41) is 5.53. The summed E-state index contributed by atoms with van der Waals surface area (Å²) in [6, 6.07) is 7.43. The maximum Gasteiger partial charge on any atom is 0.226 e. The molecule has 1 N–H and O–H groups in total. The number of rotatable bonds is 8. The number of hydrogen-bond acceptors (Lipinski definition) is 7. The quantitative estimate of drug-likeness (QED) is 0.627. The van der Waals surface area contributed by atoms with Crippen molar-refractivity contribution in [3.63, 3.8) is 0 Å². The molecule has 0 bridgehead atoms. The van der Waals surface area contributed by atoms with Crippen molar-refractivity contribution in [2.75, 3.05) is 21.3 Å². The Balaban J connectivity index is 1.70. The summed E-state index contributed by atoms with van der Waals surface area (Å²) in [6.07, 6.45) is 3.64. The number of benzene rings is 1. The normalized spacial score (nSPS) is 10.4. The molecule has 0 saturated carbocycles. The Morgan fingerprint density at radius 3 is 2.50 bits per heavy atom. The molecule has 28 heavy (non-hydrogen) atoms. The molecule has 0 atom stereocenters. The third kappa shape index (κ3) is 4.58. The van der Waals surface area contributed by atoms with E-state index in [0.717, 1.165) is 16.1 Å². The minimum atomic E-state index is -0.0920. The van der Waals surface area contributed by atoms with Gasteiger partial charge >= 0.3 is 0 Å². The van der Waals surface area contributed by atoms with E-state index in [1.54, 1.807) is 33.7 Å². The van der Waals surface area contributed by atoms with Gasteiger partial charge in [0.05, 0.1) is 33.4 Å². The first kappa shape index (κ1) is 19.6. The molecule has 2 heterocycles. The van der Waals surface area contributed by atoms with E-state index in [-0.39, 0.29) is 12.3 Å². The molecule has 1 amide bonds. The number of nitrogens with one attached hydrogen (secondary N) is 1. The van der Waals surface area contributed by atoms with Gasteiger partial charge < -0.3 is 19.5 Å². The van der Waals surface area contributed by atoms with Crippen molar-refractivity contribution in [3.05, 3.63) is 53.3 Å². The summed E-state index contributed by atoms with van der Waals surface area (Å²) in [5.41, 5.74) is 2.49. The van der Waals surface area contributed by atoms with Gasteiger partial charge in [0.2, 0.25) is 11.7 Å². The lowest BCUT2D eigenvalue weighted by Gasteiger charge is -2.13. The average Bonchev–Trinajstić information content (AvgIpc) is 3.20. The number of pyridine rings is 1. The molecule has 0 aliphatic heterocycles. The maximum absolute atomic E-state index is 12.2. The van der Waals surface area contributed by atoms with Crippen LogP contribution >= 0.6 is 11.3 Å². The van der Waals surface area contributed by atoms with E-state index >= 15 is 0 Å². The van der Waals surface area contributed by atoms with Crippen molar-refractivity contribution in [1.29, 1.82) is 0 Å². The van der Waals surface area contributed by atoms with Crippen LogP contribution in [0.25, 0.3) is 10.6 Å². The van der Waals surface area contributed by atoms with Gasteiger partial charge in [-0.25, -0.2) is 4.98 Å². The lowest BCUT2D eigenvalue weighted by atomic mass is 10.2. The molecule has 0 fully saturated rings. The molecule has 0 aliphatic rings. The molecule has 0 radical (unpaired) electrons. The maximum atomic E-state index is 12.2. The number of amides is 1. The largest absolute Gasteiger partial charge is 0.493 e. The molecule has 0 unspecified atom stereocenters. The fourth-order valence-electron chi connectivity index (χ4n) is 2.66. The van der Waals surface area contributed by atoms with Gasteiger partial charge in [0.15, 0.2) is 11.5 Å². The number of thiazole rings is 1. The number of methoxy groups -OCH3 is 3. The fraction of sp³-hybridized carbons (Fsp3) is 0.250. The zero-order valence-corrected chi connectivity index (χ0v) is 16.7. The van der Waals surface area contributed by atoms with Crippen molar-refractivity contribution >= 4 is 17.2 Å². The first-order valence-electron chi connectivity index (χ1n) is 8.55. The Hall–Kier alpha value is -3.13. The standard InChI is InChI=1S/C20H21N3O4S/c1-25-16-7-14(8-17(26-2)19(16)27-3)20-23-15(12-28-20)9-18(24)22-11-13-5-4-6-21-10-13/h4-8,10,12H,9,11H2,1-3H3,(H,22,24). The molecular weight excluding hydrogens is 378 g/mol. The second-order valence-corrected chi connectivity index (χ2v) is 6.73. The Labute approximate surface area is 167 Å². The van der Waals surface area contributed by atoms with Gasteiger partial charge in [-0.05, 0) is 23.8 Å². The summed E-state index contributed by atoms with van der Waals surface area (Å²) in [6.45, 7) is 0.441. The van der Waals surface area contributed by atoms with Gasteiger partial charge in [-0.15, -0.1) is 11.3 Å². The third-order valence-electron chi connectivity index (χ3n) is 4.02. The molecule has 0 aliphatic carbocycles. The van der Waals surface area contributed by atoms with Crippen LogP contribution in [-0.4, -0.2) is 37.2 Å². The zero-order chi connectivity index (χ0) is 19.9. The van der Waals surface area contributed by atoms with Gasteiger partial charge in [0, 0.05) is 29.9 Å². The minimum absolute atomic E-state index is 0.0920. The molecule has 1 aromatic carbocycles. The number of aromatic nitrogens is 2. The van der Waals surface area contributed by atoms with Crippen molar-refractivity contribution in [2.45, 2.75) is 13.0 Å². The van der Waals surface area contributed by atoms with Crippen LogP contribution in [0.4, 0.5) is 0 Å². The molecule has 146 valence electrons. The van der Waals surface area contributed by atoms with E-state index in [2.05, 4.69) is 15.3 Å². The Bertz CT molecular complexity index is 919. The molecule has 0 saturated heterocycles. The van der Waals surface area contributed by atoms with Crippen LogP contribution in [0.1, 0.15) is 11.3 Å². The van der Waals surface area contributed by atoms with E-state index < -0.39 is 0 Å². The van der Waals surface area contributed by atoms with Gasteiger partial charge in [0.25, 0.3) is 0 Å². The van der Waals surface area contributed by atoms with Crippen molar-refractivity contribution in [2.24, 2.45) is 0 Å². The molecule has 8 heteroatoms. The second kappa shape index (κ2) is 9.18. The van der Waals surface area contributed by atoms with E-state index in [9.17, 15) is 4.79 Å². The zero-order valence-electron chi connectivity index (χ0n) is 15.9. The van der Waals surface area contributed by atoms with E-state index in [1.165, 1.54) is 11.3 Å². The van der Waals surface area contributed by atoms with Crippen LogP contribution < -0.4 is 19.5 Å². The smallest absolute Gasteiger partial charge is 0.226 e. The molecule has 3 rings (SSSR count). The number of carbonyl (C=O) groups is 1. The van der Waals surface area contributed by atoms with Crippen LogP contribution in [0.15, 0.2) is 42.0 Å². The summed E-state index contributed by atoms with van der Waals surface area (Å²) in [5.74, 6) is 1.55. The Morgan fingerprint density at radius 1 is 1.14 bits per heavy atom. The molecular formula is C20H21N3O4S. The van der Waals surface area contributed by atoms with Crippen molar-refractivity contribution in [1.82, 2.24) is 15.3 Å². The van der Waals surface area contributed by atoms with Gasteiger partial charge in [-0.1, -0.05) is 6.07 Å². The average molecular weight is 399 g/mol. The highest BCUT2D eigenvalue weighted by Gasteiger charge is 2.16. The number of ether oxygens (including phenoxy) is 3. The lowest BCUT2D eigenvalue weighted by Crippen LogP contribution is -2.24. The van der Waals surface area contributed by atoms with Gasteiger partial charge in [-0.2, -0.15) is 0 Å². The summed E-state index contributed by atoms with van der Waals surface area (Å²) in [4.78, 5) is 20.8. The summed E-state index contributed by atoms with van der Waals surface area (Å²) >= 11 is 1.46. The number of nitrogens with zero attached hydrogens (tertiary/aromatic N) is 2. The second-order valence-electron chi connectivity index (χ2n) is 5.87. The topological polar surface area (TPSA) is 82.6 Å². The molecule has 7 nitrogen and oxygen atoms in total. The highest BCUT2D eigenvalue weighted by Crippen LogP contribution is 2.41. The Morgan fingerprint density at radius 2 is 1.89 bits per heavy atom. The molecule has 3 aromatic rings. The highest BCUT2D eigenvalue weighted by molar-refractivity contribution is 7.13. The summed E-state index contributed by atoms with van der Waals surface area (Å²) in [7, 11) is 4.70. The SMILES string of the molecule is COc1cc(-c2nc(CC(=O)NCc3cccnc3)cs2)cc(OC)c1OC. The number of carbonyl (C=O) groups excluding carboxylic acids is 1.